The zero-order chi connectivity index (χ0) is 10.3. The molecule has 0 atom stereocenters. The molecule has 74 valence electrons. The Morgan fingerprint density at radius 1 is 1.38 bits per heavy atom. The monoisotopic (exact) mass is 186 g/mol. The van der Waals surface area contributed by atoms with E-state index in [-0.39, 0.29) is 6.61 Å². The van der Waals surface area contributed by atoms with E-state index in [9.17, 15) is 9.59 Å². The highest BCUT2D eigenvalue weighted by atomic mass is 16.5. The Balaban J connectivity index is 4.25. The maximum atomic E-state index is 11.2. The second-order valence-corrected chi connectivity index (χ2v) is 2.27. The first kappa shape index (κ1) is 11.8. The molecule has 13 heavy (non-hydrogen) atoms. The summed E-state index contributed by atoms with van der Waals surface area (Å²) in [5, 5.41) is 0. The number of hydrogen-bond acceptors (Lipinski definition) is 4. The number of ether oxygens (including phenoxy) is 2. The van der Waals surface area contributed by atoms with Gasteiger partial charge in [-0.2, -0.15) is 0 Å². The molecule has 0 radical (unpaired) electrons. The van der Waals surface area contributed by atoms with E-state index in [4.69, 9.17) is 4.74 Å². The fraction of sp³-hybridized carbons (Fsp3) is 0.556. The van der Waals surface area contributed by atoms with Gasteiger partial charge in [0.15, 0.2) is 0 Å². The van der Waals surface area contributed by atoms with Crippen LogP contribution in [0.2, 0.25) is 0 Å². The van der Waals surface area contributed by atoms with Crippen LogP contribution in [0.3, 0.4) is 0 Å². The summed E-state index contributed by atoms with van der Waals surface area (Å²) in [5.74, 6) is -1.49. The fourth-order valence-electron chi connectivity index (χ4n) is 0.716. The first-order valence-corrected chi connectivity index (χ1v) is 4.02. The lowest BCUT2D eigenvalue weighted by Crippen LogP contribution is -2.20. The van der Waals surface area contributed by atoms with Gasteiger partial charge in [0.05, 0.1) is 13.7 Å². The summed E-state index contributed by atoms with van der Waals surface area (Å²) in [5.41, 5.74) is 0.328. The third-order valence-corrected chi connectivity index (χ3v) is 1.47. The van der Waals surface area contributed by atoms with Crippen LogP contribution in [0.4, 0.5) is 0 Å². The first-order chi connectivity index (χ1) is 6.17. The summed E-state index contributed by atoms with van der Waals surface area (Å²) in [4.78, 5) is 22.0. The second kappa shape index (κ2) is 6.37. The third-order valence-electron chi connectivity index (χ3n) is 1.47. The van der Waals surface area contributed by atoms with Crippen molar-refractivity contribution < 1.29 is 19.1 Å². The number of allylic oxidation sites excluding steroid dienone is 1. The highest BCUT2D eigenvalue weighted by Crippen LogP contribution is 1.99. The Morgan fingerprint density at radius 2 is 2.00 bits per heavy atom. The van der Waals surface area contributed by atoms with Crippen LogP contribution in [-0.4, -0.2) is 32.1 Å². The average Bonchev–Trinajstić information content (AvgIpc) is 2.17. The van der Waals surface area contributed by atoms with Crippen LogP contribution in [0, 0.1) is 0 Å². The molecule has 0 aromatic carbocycles. The topological polar surface area (TPSA) is 52.6 Å². The van der Waals surface area contributed by atoms with Gasteiger partial charge in [-0.05, 0) is 13.8 Å². The molecule has 0 amide bonds. The number of carbonyl (C=O) groups excluding carboxylic acids is 2. The second-order valence-electron chi connectivity index (χ2n) is 2.27. The molecular formula is C9H14O4. The summed E-state index contributed by atoms with van der Waals surface area (Å²) in [7, 11) is 1.17. The van der Waals surface area contributed by atoms with E-state index in [0.29, 0.717) is 12.2 Å². The van der Waals surface area contributed by atoms with Gasteiger partial charge in [-0.15, -0.1) is 0 Å². The lowest BCUT2D eigenvalue weighted by molar-refractivity contribution is -0.150. The molecule has 0 bridgehead atoms. The molecular weight excluding hydrogens is 172 g/mol. The van der Waals surface area contributed by atoms with E-state index in [1.54, 1.807) is 13.0 Å². The van der Waals surface area contributed by atoms with Gasteiger partial charge < -0.3 is 9.47 Å². The van der Waals surface area contributed by atoms with Crippen molar-refractivity contribution in [3.8, 4) is 0 Å². The van der Waals surface area contributed by atoms with Gasteiger partial charge in [-0.3, -0.25) is 4.79 Å². The molecule has 0 fully saturated rings. The maximum Gasteiger partial charge on any atom is 0.379 e. The lowest BCUT2D eigenvalue weighted by atomic mass is 10.2. The summed E-state index contributed by atoms with van der Waals surface area (Å²) >= 11 is 0. The molecule has 0 aliphatic carbocycles. The molecule has 0 rings (SSSR count). The first-order valence-electron chi connectivity index (χ1n) is 4.02. The van der Waals surface area contributed by atoms with Crippen LogP contribution in [0.25, 0.3) is 0 Å². The Morgan fingerprint density at radius 3 is 2.38 bits per heavy atom. The van der Waals surface area contributed by atoms with Crippen LogP contribution < -0.4 is 0 Å². The van der Waals surface area contributed by atoms with E-state index in [1.165, 1.54) is 7.11 Å². The van der Waals surface area contributed by atoms with Crippen molar-refractivity contribution in [1.82, 2.24) is 0 Å². The van der Waals surface area contributed by atoms with Gasteiger partial charge in [0.1, 0.15) is 0 Å². The Hall–Kier alpha value is -1.16. The average molecular weight is 186 g/mol. The van der Waals surface area contributed by atoms with Crippen LogP contribution in [-0.2, 0) is 19.1 Å². The molecule has 0 saturated heterocycles. The minimum absolute atomic E-state index is 0.154. The third kappa shape index (κ3) is 3.85. The quantitative estimate of drug-likeness (QED) is 0.360. The SMILES string of the molecule is CC=C(COCC)C(=O)C(=O)OC. The van der Waals surface area contributed by atoms with E-state index >= 15 is 0 Å². The van der Waals surface area contributed by atoms with Gasteiger partial charge in [-0.1, -0.05) is 6.08 Å². The Kier molecular flexibility index (Phi) is 5.80. The number of ketones is 1. The van der Waals surface area contributed by atoms with Gasteiger partial charge in [0.2, 0.25) is 0 Å². The molecule has 4 heteroatoms. The fourth-order valence-corrected chi connectivity index (χ4v) is 0.716. The predicted octanol–water partition coefficient (Wildman–Crippen LogP) is 0.711. The number of esters is 1. The molecule has 0 aromatic rings. The molecule has 0 N–H and O–H groups in total. The van der Waals surface area contributed by atoms with Crippen molar-refractivity contribution in [2.24, 2.45) is 0 Å². The number of hydrogen-bond donors (Lipinski definition) is 0. The van der Waals surface area contributed by atoms with E-state index < -0.39 is 11.8 Å². The van der Waals surface area contributed by atoms with E-state index in [2.05, 4.69) is 4.74 Å². The Bertz CT molecular complexity index is 218. The van der Waals surface area contributed by atoms with Crippen molar-refractivity contribution in [3.63, 3.8) is 0 Å². The van der Waals surface area contributed by atoms with Crippen molar-refractivity contribution in [1.29, 1.82) is 0 Å². The molecule has 0 aromatic heterocycles. The minimum atomic E-state index is -0.854. The number of Topliss-reactive ketones (excluding diaryl/α,β-unsaturated/α-hetero) is 1. The summed E-state index contributed by atoms with van der Waals surface area (Å²) in [6.45, 7) is 4.15. The molecule has 0 aliphatic rings. The molecule has 0 unspecified atom stereocenters. The van der Waals surface area contributed by atoms with Gasteiger partial charge in [0.25, 0.3) is 5.78 Å². The minimum Gasteiger partial charge on any atom is -0.463 e. The smallest absolute Gasteiger partial charge is 0.379 e. The molecule has 0 heterocycles. The van der Waals surface area contributed by atoms with Crippen molar-refractivity contribution in [2.75, 3.05) is 20.3 Å². The zero-order valence-electron chi connectivity index (χ0n) is 8.12. The number of carbonyl (C=O) groups is 2. The number of methoxy groups -OCH3 is 1. The van der Waals surface area contributed by atoms with Gasteiger partial charge >= 0.3 is 5.97 Å². The van der Waals surface area contributed by atoms with Crippen LogP contribution in [0.1, 0.15) is 13.8 Å². The largest absolute Gasteiger partial charge is 0.463 e. The predicted molar refractivity (Wildman–Crippen MR) is 47.3 cm³/mol. The summed E-state index contributed by atoms with van der Waals surface area (Å²) < 4.78 is 9.30. The standard InChI is InChI=1S/C9H14O4/c1-4-7(6-13-5-2)8(10)9(11)12-3/h4H,5-6H2,1-3H3. The van der Waals surface area contributed by atoms with E-state index in [0.717, 1.165) is 0 Å². The van der Waals surface area contributed by atoms with Gasteiger partial charge in [-0.25, -0.2) is 4.79 Å². The highest BCUT2D eigenvalue weighted by molar-refractivity contribution is 6.40. The Labute approximate surface area is 77.5 Å². The van der Waals surface area contributed by atoms with E-state index in [1.807, 2.05) is 6.92 Å². The number of rotatable bonds is 5. The maximum absolute atomic E-state index is 11.2. The van der Waals surface area contributed by atoms with Crippen LogP contribution in [0.15, 0.2) is 11.6 Å². The van der Waals surface area contributed by atoms with Crippen LogP contribution in [0.5, 0.6) is 0 Å². The van der Waals surface area contributed by atoms with Crippen molar-refractivity contribution >= 4 is 11.8 Å². The molecule has 0 aliphatic heterocycles. The van der Waals surface area contributed by atoms with Crippen molar-refractivity contribution in [3.05, 3.63) is 11.6 Å². The summed E-state index contributed by atoms with van der Waals surface area (Å²) in [6.07, 6.45) is 1.55. The summed E-state index contributed by atoms with van der Waals surface area (Å²) in [6, 6.07) is 0. The molecule has 4 nitrogen and oxygen atoms in total. The van der Waals surface area contributed by atoms with Crippen molar-refractivity contribution in [2.45, 2.75) is 13.8 Å². The lowest BCUT2D eigenvalue weighted by Gasteiger charge is -2.03. The van der Waals surface area contributed by atoms with Gasteiger partial charge in [0, 0.05) is 12.2 Å². The zero-order valence-corrected chi connectivity index (χ0v) is 8.12. The normalized spacial score (nSPS) is 11.2. The van der Waals surface area contributed by atoms with Crippen LogP contribution >= 0.6 is 0 Å². The highest BCUT2D eigenvalue weighted by Gasteiger charge is 2.18. The molecule has 0 saturated carbocycles. The molecule has 0 spiro atoms.